The van der Waals surface area contributed by atoms with E-state index in [2.05, 4.69) is 32.7 Å². The highest BCUT2D eigenvalue weighted by Gasteiger charge is 2.16. The molecular formula is C14H19N4+. The predicted octanol–water partition coefficient (Wildman–Crippen LogP) is 2.84. The second-order valence-corrected chi connectivity index (χ2v) is 4.82. The van der Waals surface area contributed by atoms with Crippen molar-refractivity contribution >= 4 is 17.2 Å². The van der Waals surface area contributed by atoms with Crippen LogP contribution < -0.4 is 4.90 Å². The summed E-state index contributed by atoms with van der Waals surface area (Å²) >= 11 is 0. The van der Waals surface area contributed by atoms with Gasteiger partial charge in [-0.25, -0.2) is 0 Å². The molecule has 1 aromatic rings. The van der Waals surface area contributed by atoms with Crippen LogP contribution in [0.2, 0.25) is 0 Å². The Labute approximate surface area is 108 Å². The van der Waals surface area contributed by atoms with Gasteiger partial charge in [-0.3, -0.25) is 4.58 Å². The molecule has 1 aliphatic heterocycles. The number of azo groups is 1. The smallest absolute Gasteiger partial charge is 0.346 e. The lowest BCUT2D eigenvalue weighted by atomic mass is 10.3. The maximum atomic E-state index is 4.28. The summed E-state index contributed by atoms with van der Waals surface area (Å²) in [5.74, 6) is 0.921. The van der Waals surface area contributed by atoms with Crippen LogP contribution in [-0.2, 0) is 0 Å². The third kappa shape index (κ3) is 2.83. The first-order valence-electron chi connectivity index (χ1n) is 6.00. The highest BCUT2D eigenvalue weighted by atomic mass is 15.2. The van der Waals surface area contributed by atoms with Gasteiger partial charge in [-0.05, 0) is 41.9 Å². The van der Waals surface area contributed by atoms with Crippen molar-refractivity contribution in [2.75, 3.05) is 32.6 Å². The number of hydrogen-bond donors (Lipinski definition) is 0. The standard InChI is InChI=1S/C14H19N4/c1-11-9-14(18(4)10-11)16-15-12-5-7-13(8-6-12)17(2)3/h5-9H,10H2,1-4H3/q+1. The average molecular weight is 243 g/mol. The molecule has 0 saturated heterocycles. The number of rotatable bonds is 2. The van der Waals surface area contributed by atoms with Gasteiger partial charge in [0, 0.05) is 25.9 Å². The molecule has 0 atom stereocenters. The van der Waals surface area contributed by atoms with Gasteiger partial charge in [0.2, 0.25) is 0 Å². The van der Waals surface area contributed by atoms with Crippen LogP contribution in [0.15, 0.2) is 46.1 Å². The maximum absolute atomic E-state index is 4.28. The molecular weight excluding hydrogens is 224 g/mol. The minimum absolute atomic E-state index is 0.874. The zero-order valence-electron chi connectivity index (χ0n) is 11.4. The van der Waals surface area contributed by atoms with Crippen molar-refractivity contribution in [1.29, 1.82) is 0 Å². The van der Waals surface area contributed by atoms with E-state index in [1.54, 1.807) is 0 Å². The second kappa shape index (κ2) is 5.12. The minimum Gasteiger partial charge on any atom is -0.378 e. The summed E-state index contributed by atoms with van der Waals surface area (Å²) in [7, 11) is 6.07. The van der Waals surface area contributed by atoms with Crippen molar-refractivity contribution < 1.29 is 4.58 Å². The molecule has 0 unspecified atom stereocenters. The fourth-order valence-corrected chi connectivity index (χ4v) is 1.86. The topological polar surface area (TPSA) is 31.0 Å². The monoisotopic (exact) mass is 243 g/mol. The maximum Gasteiger partial charge on any atom is 0.346 e. The molecule has 0 spiro atoms. The number of nitrogens with zero attached hydrogens (tertiary/aromatic N) is 4. The Hall–Kier alpha value is -1.97. The van der Waals surface area contributed by atoms with Crippen molar-refractivity contribution in [2.45, 2.75) is 6.92 Å². The van der Waals surface area contributed by atoms with Crippen molar-refractivity contribution in [3.05, 3.63) is 35.9 Å². The highest BCUT2D eigenvalue weighted by Crippen LogP contribution is 2.18. The average Bonchev–Trinajstić information content (AvgIpc) is 2.66. The first kappa shape index (κ1) is 12.5. The van der Waals surface area contributed by atoms with E-state index in [9.17, 15) is 0 Å². The Morgan fingerprint density at radius 1 is 1.11 bits per heavy atom. The molecule has 0 aromatic heterocycles. The van der Waals surface area contributed by atoms with Crippen LogP contribution in [0.4, 0.5) is 11.4 Å². The van der Waals surface area contributed by atoms with Crippen molar-refractivity contribution in [1.82, 2.24) is 0 Å². The SMILES string of the molecule is CC1=CC(N=Nc2ccc(N(C)C)cc2)=[N+](C)C1. The van der Waals surface area contributed by atoms with E-state index < -0.39 is 0 Å². The van der Waals surface area contributed by atoms with Gasteiger partial charge in [0.1, 0.15) is 12.2 Å². The van der Waals surface area contributed by atoms with Gasteiger partial charge < -0.3 is 4.90 Å². The van der Waals surface area contributed by atoms with Crippen LogP contribution in [0.3, 0.4) is 0 Å². The third-order valence-electron chi connectivity index (χ3n) is 2.89. The molecule has 0 bridgehead atoms. The van der Waals surface area contributed by atoms with E-state index in [1.165, 1.54) is 5.57 Å². The van der Waals surface area contributed by atoms with Gasteiger partial charge in [-0.2, -0.15) is 0 Å². The summed E-state index contributed by atoms with van der Waals surface area (Å²) in [6, 6.07) is 8.03. The molecule has 0 amide bonds. The number of anilines is 1. The van der Waals surface area contributed by atoms with Crippen molar-refractivity contribution in [3.8, 4) is 0 Å². The summed E-state index contributed by atoms with van der Waals surface area (Å²) in [4.78, 5) is 2.06. The lowest BCUT2D eigenvalue weighted by Crippen LogP contribution is -2.08. The Bertz CT molecular complexity index is 521. The molecule has 0 N–H and O–H groups in total. The van der Waals surface area contributed by atoms with E-state index >= 15 is 0 Å². The molecule has 0 saturated carbocycles. The van der Waals surface area contributed by atoms with Crippen LogP contribution in [-0.4, -0.2) is 38.1 Å². The molecule has 4 heteroatoms. The summed E-state index contributed by atoms with van der Waals surface area (Å²) in [6.45, 7) is 3.04. The Kier molecular flexibility index (Phi) is 3.55. The lowest BCUT2D eigenvalue weighted by Gasteiger charge is -2.11. The molecule has 4 nitrogen and oxygen atoms in total. The molecule has 0 radical (unpaired) electrons. The summed E-state index contributed by atoms with van der Waals surface area (Å²) in [5.41, 5.74) is 3.35. The summed E-state index contributed by atoms with van der Waals surface area (Å²) in [6.07, 6.45) is 2.07. The van der Waals surface area contributed by atoms with Crippen LogP contribution >= 0.6 is 0 Å². The normalized spacial score (nSPS) is 15.4. The molecule has 1 aliphatic rings. The fraction of sp³-hybridized carbons (Fsp3) is 0.357. The van der Waals surface area contributed by atoms with Gasteiger partial charge in [0.05, 0.1) is 12.2 Å². The first-order chi connectivity index (χ1) is 8.56. The van der Waals surface area contributed by atoms with Crippen LogP contribution in [0, 0.1) is 0 Å². The lowest BCUT2D eigenvalue weighted by molar-refractivity contribution is -0.484. The molecule has 1 heterocycles. The van der Waals surface area contributed by atoms with Crippen LogP contribution in [0.1, 0.15) is 6.92 Å². The van der Waals surface area contributed by atoms with E-state index in [-0.39, 0.29) is 0 Å². The molecule has 18 heavy (non-hydrogen) atoms. The fourth-order valence-electron chi connectivity index (χ4n) is 1.86. The van der Waals surface area contributed by atoms with E-state index in [4.69, 9.17) is 0 Å². The molecule has 1 aromatic carbocycles. The number of hydrogen-bond acceptors (Lipinski definition) is 3. The Morgan fingerprint density at radius 2 is 1.78 bits per heavy atom. The number of likely N-dealkylation sites (N-methyl/N-ethyl adjacent to an activating group) is 1. The van der Waals surface area contributed by atoms with Crippen LogP contribution in [0.5, 0.6) is 0 Å². The molecule has 0 fully saturated rings. The molecule has 0 aliphatic carbocycles. The van der Waals surface area contributed by atoms with E-state index in [0.29, 0.717) is 0 Å². The van der Waals surface area contributed by atoms with Crippen LogP contribution in [0.25, 0.3) is 0 Å². The van der Waals surface area contributed by atoms with Gasteiger partial charge in [0.15, 0.2) is 0 Å². The predicted molar refractivity (Wildman–Crippen MR) is 75.1 cm³/mol. The van der Waals surface area contributed by atoms with Gasteiger partial charge in [0.25, 0.3) is 0 Å². The zero-order valence-corrected chi connectivity index (χ0v) is 11.4. The third-order valence-corrected chi connectivity index (χ3v) is 2.89. The molecule has 2 rings (SSSR count). The Balaban J connectivity index is 2.12. The van der Waals surface area contributed by atoms with Gasteiger partial charge >= 0.3 is 5.84 Å². The largest absolute Gasteiger partial charge is 0.378 e. The number of amidine groups is 1. The first-order valence-corrected chi connectivity index (χ1v) is 6.00. The quantitative estimate of drug-likeness (QED) is 0.580. The van der Waals surface area contributed by atoms with Gasteiger partial charge in [-0.15, -0.1) is 0 Å². The Morgan fingerprint density at radius 3 is 2.28 bits per heavy atom. The summed E-state index contributed by atoms with van der Waals surface area (Å²) < 4.78 is 2.09. The second-order valence-electron chi connectivity index (χ2n) is 4.82. The highest BCUT2D eigenvalue weighted by molar-refractivity contribution is 5.91. The van der Waals surface area contributed by atoms with Crippen molar-refractivity contribution in [3.63, 3.8) is 0 Å². The summed E-state index contributed by atoms with van der Waals surface area (Å²) in [5, 5.41) is 8.53. The van der Waals surface area contributed by atoms with E-state index in [1.807, 2.05) is 45.4 Å². The zero-order chi connectivity index (χ0) is 13.1. The van der Waals surface area contributed by atoms with Gasteiger partial charge in [-0.1, -0.05) is 0 Å². The van der Waals surface area contributed by atoms with Crippen molar-refractivity contribution in [2.24, 2.45) is 10.2 Å². The number of benzene rings is 1. The van der Waals surface area contributed by atoms with E-state index in [0.717, 1.165) is 23.8 Å². The minimum atomic E-state index is 0.874. The molecule has 94 valence electrons.